The number of hydrogen-bond donors (Lipinski definition) is 3. The van der Waals surface area contributed by atoms with E-state index in [2.05, 4.69) is 11.8 Å². The molecular weight excluding hydrogens is 268 g/mol. The van der Waals surface area contributed by atoms with E-state index in [1.165, 1.54) is 0 Å². The molecule has 0 saturated heterocycles. The van der Waals surface area contributed by atoms with Crippen LogP contribution in [0.25, 0.3) is 0 Å². The van der Waals surface area contributed by atoms with E-state index in [0.717, 1.165) is 5.56 Å². The topological polar surface area (TPSA) is 77.8 Å². The number of benzene rings is 1. The van der Waals surface area contributed by atoms with Crippen LogP contribution in [0.1, 0.15) is 24.8 Å². The summed E-state index contributed by atoms with van der Waals surface area (Å²) in [4.78, 5) is 10.8. The number of carboxylic acid groups (broad SMARTS) is 1. The van der Waals surface area contributed by atoms with Gasteiger partial charge in [-0.3, -0.25) is 4.79 Å². The van der Waals surface area contributed by atoms with Gasteiger partial charge in [-0.05, 0) is 18.4 Å². The predicted molar refractivity (Wildman–Crippen MR) is 78.4 cm³/mol. The second kappa shape index (κ2) is 7.26. The van der Waals surface area contributed by atoms with Crippen molar-refractivity contribution in [1.29, 1.82) is 0 Å². The summed E-state index contributed by atoms with van der Waals surface area (Å²) < 4.78 is 0. The van der Waals surface area contributed by atoms with Gasteiger partial charge in [0.25, 0.3) is 0 Å². The zero-order valence-corrected chi connectivity index (χ0v) is 11.8. The maximum absolute atomic E-state index is 10.8. The largest absolute Gasteiger partial charge is 0.481 e. The number of aliphatic carboxylic acids is 1. The van der Waals surface area contributed by atoms with Gasteiger partial charge >= 0.3 is 5.97 Å². The van der Waals surface area contributed by atoms with Gasteiger partial charge in [-0.25, -0.2) is 0 Å². The molecule has 1 aliphatic rings. The SMILES string of the molecule is O=C(O)C[C@H]1[C@@H](O)CC[C@@H]1C#CC(O)Cc1ccccc1. The first-order chi connectivity index (χ1) is 10.1. The fraction of sp³-hybridized carbons (Fsp3) is 0.471. The van der Waals surface area contributed by atoms with E-state index < -0.39 is 18.2 Å². The Morgan fingerprint density at radius 2 is 2.00 bits per heavy atom. The Morgan fingerprint density at radius 3 is 2.67 bits per heavy atom. The molecule has 0 bridgehead atoms. The minimum absolute atomic E-state index is 0.0741. The molecule has 0 spiro atoms. The second-order valence-corrected chi connectivity index (χ2v) is 5.51. The summed E-state index contributed by atoms with van der Waals surface area (Å²) in [5.41, 5.74) is 1.01. The molecule has 1 unspecified atom stereocenters. The first-order valence-corrected chi connectivity index (χ1v) is 7.19. The third kappa shape index (κ3) is 4.59. The van der Waals surface area contributed by atoms with E-state index in [4.69, 9.17) is 5.11 Å². The van der Waals surface area contributed by atoms with Crippen molar-refractivity contribution in [1.82, 2.24) is 0 Å². The maximum Gasteiger partial charge on any atom is 0.303 e. The minimum atomic E-state index is -0.919. The normalized spacial score (nSPS) is 25.9. The molecule has 2 rings (SSSR count). The molecule has 0 heterocycles. The average Bonchev–Trinajstić information content (AvgIpc) is 2.78. The van der Waals surface area contributed by atoms with E-state index in [1.807, 2.05) is 30.3 Å². The monoisotopic (exact) mass is 288 g/mol. The number of rotatable bonds is 4. The quantitative estimate of drug-likeness (QED) is 0.733. The average molecular weight is 288 g/mol. The Bertz CT molecular complexity index is 529. The fourth-order valence-corrected chi connectivity index (χ4v) is 2.80. The van der Waals surface area contributed by atoms with Crippen LogP contribution in [0.15, 0.2) is 30.3 Å². The number of hydrogen-bond acceptors (Lipinski definition) is 3. The Hall–Kier alpha value is -1.83. The highest BCUT2D eigenvalue weighted by atomic mass is 16.4. The van der Waals surface area contributed by atoms with Gasteiger partial charge < -0.3 is 15.3 Å². The van der Waals surface area contributed by atoms with Crippen LogP contribution in [0.5, 0.6) is 0 Å². The molecule has 1 fully saturated rings. The van der Waals surface area contributed by atoms with Crippen molar-refractivity contribution in [3.05, 3.63) is 35.9 Å². The zero-order chi connectivity index (χ0) is 15.2. The van der Waals surface area contributed by atoms with Gasteiger partial charge in [-0.15, -0.1) is 0 Å². The van der Waals surface area contributed by atoms with Crippen molar-refractivity contribution in [2.45, 2.75) is 37.9 Å². The summed E-state index contributed by atoms with van der Waals surface area (Å²) in [6, 6.07) is 9.59. The van der Waals surface area contributed by atoms with Crippen molar-refractivity contribution in [2.75, 3.05) is 0 Å². The molecule has 4 heteroatoms. The standard InChI is InChI=1S/C17H20O4/c18-14(10-12-4-2-1-3-5-12)8-6-13-7-9-16(19)15(13)11-17(20)21/h1-5,13-16,18-19H,7,9-11H2,(H,20,21)/t13-,14?,15+,16-/m0/s1. The molecule has 0 radical (unpaired) electrons. The summed E-state index contributed by atoms with van der Waals surface area (Å²) in [5.74, 6) is 4.36. The van der Waals surface area contributed by atoms with Crippen LogP contribution in [-0.4, -0.2) is 33.5 Å². The summed E-state index contributed by atoms with van der Waals surface area (Å²) in [7, 11) is 0. The third-order valence-corrected chi connectivity index (χ3v) is 3.90. The van der Waals surface area contributed by atoms with Crippen molar-refractivity contribution in [3.63, 3.8) is 0 Å². The van der Waals surface area contributed by atoms with E-state index in [1.54, 1.807) is 0 Å². The Kier molecular flexibility index (Phi) is 5.38. The van der Waals surface area contributed by atoms with Crippen molar-refractivity contribution in [2.24, 2.45) is 11.8 Å². The molecule has 4 nitrogen and oxygen atoms in total. The minimum Gasteiger partial charge on any atom is -0.481 e. The van der Waals surface area contributed by atoms with Crippen molar-refractivity contribution < 1.29 is 20.1 Å². The molecule has 112 valence electrons. The Balaban J connectivity index is 1.95. The molecule has 1 aromatic carbocycles. The van der Waals surface area contributed by atoms with Gasteiger partial charge in [-0.1, -0.05) is 42.2 Å². The molecule has 21 heavy (non-hydrogen) atoms. The van der Waals surface area contributed by atoms with Crippen LogP contribution >= 0.6 is 0 Å². The van der Waals surface area contributed by atoms with Gasteiger partial charge in [0.2, 0.25) is 0 Å². The first-order valence-electron chi connectivity index (χ1n) is 7.19. The lowest BCUT2D eigenvalue weighted by atomic mass is 9.92. The molecule has 0 aliphatic heterocycles. The van der Waals surface area contributed by atoms with Crippen molar-refractivity contribution in [3.8, 4) is 11.8 Å². The van der Waals surface area contributed by atoms with Crippen molar-refractivity contribution >= 4 is 5.97 Å². The number of carboxylic acids is 1. The second-order valence-electron chi connectivity index (χ2n) is 5.51. The highest BCUT2D eigenvalue weighted by molar-refractivity contribution is 5.67. The van der Waals surface area contributed by atoms with E-state index in [-0.39, 0.29) is 18.3 Å². The lowest BCUT2D eigenvalue weighted by Gasteiger charge is -2.15. The summed E-state index contributed by atoms with van der Waals surface area (Å²) in [5, 5.41) is 28.6. The van der Waals surface area contributed by atoms with Gasteiger partial charge in [0.05, 0.1) is 12.5 Å². The molecule has 3 N–H and O–H groups in total. The lowest BCUT2D eigenvalue weighted by molar-refractivity contribution is -0.139. The molecule has 1 aromatic rings. The highest BCUT2D eigenvalue weighted by Crippen LogP contribution is 2.34. The third-order valence-electron chi connectivity index (χ3n) is 3.90. The smallest absolute Gasteiger partial charge is 0.303 e. The lowest BCUT2D eigenvalue weighted by Crippen LogP contribution is -2.22. The van der Waals surface area contributed by atoms with Crippen LogP contribution in [0.2, 0.25) is 0 Å². The summed E-state index contributed by atoms with van der Waals surface area (Å²) >= 11 is 0. The predicted octanol–water partition coefficient (Wildman–Crippen LogP) is 1.46. The Labute approximate surface area is 124 Å². The number of aliphatic hydroxyl groups is 2. The van der Waals surface area contributed by atoms with E-state index >= 15 is 0 Å². The number of aliphatic hydroxyl groups excluding tert-OH is 2. The van der Waals surface area contributed by atoms with Crippen LogP contribution < -0.4 is 0 Å². The zero-order valence-electron chi connectivity index (χ0n) is 11.8. The van der Waals surface area contributed by atoms with Gasteiger partial charge in [0, 0.05) is 18.3 Å². The summed E-state index contributed by atoms with van der Waals surface area (Å²) in [6.45, 7) is 0. The molecule has 4 atom stereocenters. The van der Waals surface area contributed by atoms with Crippen LogP contribution in [-0.2, 0) is 11.2 Å². The number of carbonyl (C=O) groups is 1. The van der Waals surface area contributed by atoms with Crippen LogP contribution in [0.3, 0.4) is 0 Å². The maximum atomic E-state index is 10.8. The summed E-state index contributed by atoms with van der Waals surface area (Å²) in [6.07, 6.45) is 0.264. The molecular formula is C17H20O4. The highest BCUT2D eigenvalue weighted by Gasteiger charge is 2.35. The first kappa shape index (κ1) is 15.6. The molecule has 0 amide bonds. The van der Waals surface area contributed by atoms with Gasteiger partial charge in [0.1, 0.15) is 6.10 Å². The fourth-order valence-electron chi connectivity index (χ4n) is 2.80. The molecule has 1 saturated carbocycles. The van der Waals surface area contributed by atoms with Crippen LogP contribution in [0.4, 0.5) is 0 Å². The van der Waals surface area contributed by atoms with E-state index in [0.29, 0.717) is 19.3 Å². The molecule has 1 aliphatic carbocycles. The molecule has 0 aromatic heterocycles. The van der Waals surface area contributed by atoms with Gasteiger partial charge in [-0.2, -0.15) is 0 Å². The van der Waals surface area contributed by atoms with Gasteiger partial charge in [0.15, 0.2) is 0 Å². The van der Waals surface area contributed by atoms with Crippen LogP contribution in [0, 0.1) is 23.7 Å². The Morgan fingerprint density at radius 1 is 1.29 bits per heavy atom. The van der Waals surface area contributed by atoms with E-state index in [9.17, 15) is 15.0 Å².